The van der Waals surface area contributed by atoms with Crippen LogP contribution in [0.1, 0.15) is 47.5 Å². The van der Waals surface area contributed by atoms with Crippen LogP contribution in [0.2, 0.25) is 0 Å². The fourth-order valence-corrected chi connectivity index (χ4v) is 6.35. The number of amides is 2. The molecule has 3 N–H and O–H groups in total. The van der Waals surface area contributed by atoms with Gasteiger partial charge in [0.15, 0.2) is 0 Å². The monoisotopic (exact) mass is 556 g/mol. The van der Waals surface area contributed by atoms with Crippen molar-refractivity contribution in [2.45, 2.75) is 64.0 Å². The molecule has 0 atom stereocenters. The molecule has 0 spiro atoms. The Morgan fingerprint density at radius 3 is 2.29 bits per heavy atom. The van der Waals surface area contributed by atoms with Gasteiger partial charge in [0.05, 0.1) is 15.9 Å². The van der Waals surface area contributed by atoms with Crippen LogP contribution >= 0.6 is 11.3 Å². The van der Waals surface area contributed by atoms with Crippen LogP contribution in [0.3, 0.4) is 0 Å². The average molecular weight is 557 g/mol. The van der Waals surface area contributed by atoms with Gasteiger partial charge in [-0.3, -0.25) is 10.1 Å². The van der Waals surface area contributed by atoms with Crippen molar-refractivity contribution in [1.29, 1.82) is 0 Å². The molecule has 11 heteroatoms. The molecule has 2 aromatic carbocycles. The van der Waals surface area contributed by atoms with Crippen LogP contribution in [-0.4, -0.2) is 37.0 Å². The molecule has 2 amide bonds. The number of carbonyl (C=O) groups excluding carboxylic acids is 2. The van der Waals surface area contributed by atoms with Gasteiger partial charge in [0, 0.05) is 40.2 Å². The summed E-state index contributed by atoms with van der Waals surface area (Å²) in [6.07, 6.45) is 2.59. The third kappa shape index (κ3) is 7.18. The average Bonchev–Trinajstić information content (AvgIpc) is 3.55. The van der Waals surface area contributed by atoms with Crippen LogP contribution in [0.5, 0.6) is 0 Å². The molecule has 0 radical (unpaired) electrons. The van der Waals surface area contributed by atoms with E-state index in [1.807, 2.05) is 12.1 Å². The molecule has 0 bridgehead atoms. The highest BCUT2D eigenvalue weighted by atomic mass is 32.2. The number of ether oxygens (including phenoxy) is 1. The number of rotatable bonds is 8. The third-order valence-electron chi connectivity index (χ3n) is 5.42. The van der Waals surface area contributed by atoms with E-state index in [-0.39, 0.29) is 22.8 Å². The van der Waals surface area contributed by atoms with Crippen LogP contribution in [0, 0.1) is 5.92 Å². The molecular weight excluding hydrogens is 524 g/mol. The number of benzene rings is 2. The molecule has 3 aromatic rings. The molecule has 1 aromatic heterocycles. The number of hydrogen-bond acceptors (Lipinski definition) is 7. The predicted molar refractivity (Wildman–Crippen MR) is 150 cm³/mol. The maximum absolute atomic E-state index is 13.4. The maximum Gasteiger partial charge on any atom is 0.411 e. The number of nitrogens with one attached hydrogen (secondary N) is 3. The zero-order valence-corrected chi connectivity index (χ0v) is 23.6. The molecule has 1 aliphatic rings. The van der Waals surface area contributed by atoms with E-state index in [2.05, 4.69) is 20.3 Å². The molecule has 0 unspecified atom stereocenters. The minimum absolute atomic E-state index is 0.00562. The Bertz CT molecular complexity index is 1440. The molecule has 1 heterocycles. The number of aromatic nitrogens is 1. The molecule has 38 heavy (non-hydrogen) atoms. The van der Waals surface area contributed by atoms with Gasteiger partial charge in [0.25, 0.3) is 0 Å². The number of carbonyl (C=O) groups is 2. The second-order valence-electron chi connectivity index (χ2n) is 10.5. The minimum atomic E-state index is -3.92. The van der Waals surface area contributed by atoms with Crippen LogP contribution in [0.15, 0.2) is 53.6 Å². The molecule has 1 aliphatic carbocycles. The molecule has 9 nitrogen and oxygen atoms in total. The predicted octanol–water partition coefficient (Wildman–Crippen LogP) is 5.86. The summed E-state index contributed by atoms with van der Waals surface area (Å²) in [5, 5.41) is 6.20. The molecule has 202 valence electrons. The second kappa shape index (κ2) is 10.8. The van der Waals surface area contributed by atoms with E-state index in [4.69, 9.17) is 4.74 Å². The highest BCUT2D eigenvalue weighted by Crippen LogP contribution is 2.38. The SMILES string of the molecule is CC(C)OC(=O)Nc1ccc(-c2ncc(-c3ccc(NC(=O)C4CC4)cc3S(=O)(=O)NC(C)(C)C)s2)cc1. The molecule has 0 saturated heterocycles. The Kier molecular flexibility index (Phi) is 7.91. The summed E-state index contributed by atoms with van der Waals surface area (Å²) >= 11 is 1.35. The number of thiazole rings is 1. The Morgan fingerprint density at radius 1 is 1.03 bits per heavy atom. The highest BCUT2D eigenvalue weighted by molar-refractivity contribution is 7.89. The van der Waals surface area contributed by atoms with Crippen LogP contribution < -0.4 is 15.4 Å². The van der Waals surface area contributed by atoms with Gasteiger partial charge in [-0.1, -0.05) is 6.07 Å². The number of nitrogens with zero attached hydrogens (tertiary/aromatic N) is 1. The van der Waals surface area contributed by atoms with E-state index in [1.54, 1.807) is 65.1 Å². The van der Waals surface area contributed by atoms with E-state index < -0.39 is 21.7 Å². The lowest BCUT2D eigenvalue weighted by Gasteiger charge is -2.22. The van der Waals surface area contributed by atoms with E-state index >= 15 is 0 Å². The summed E-state index contributed by atoms with van der Waals surface area (Å²) < 4.78 is 34.6. The zero-order chi connectivity index (χ0) is 27.7. The topological polar surface area (TPSA) is 126 Å². The van der Waals surface area contributed by atoms with Crippen LogP contribution in [0.25, 0.3) is 21.0 Å². The molecule has 0 aliphatic heterocycles. The Morgan fingerprint density at radius 2 is 1.68 bits per heavy atom. The fourth-order valence-electron chi connectivity index (χ4n) is 3.66. The first kappa shape index (κ1) is 27.7. The minimum Gasteiger partial charge on any atom is -0.447 e. The Labute approximate surface area is 227 Å². The van der Waals surface area contributed by atoms with Crippen molar-refractivity contribution in [3.05, 3.63) is 48.7 Å². The van der Waals surface area contributed by atoms with E-state index in [0.29, 0.717) is 26.8 Å². The van der Waals surface area contributed by atoms with Gasteiger partial charge in [0.1, 0.15) is 5.01 Å². The lowest BCUT2D eigenvalue weighted by atomic mass is 10.1. The Balaban J connectivity index is 1.63. The molecule has 1 saturated carbocycles. The molecule has 4 rings (SSSR count). The van der Waals surface area contributed by atoms with Gasteiger partial charge in [-0.2, -0.15) is 0 Å². The summed E-state index contributed by atoms with van der Waals surface area (Å²) in [5.74, 6) is -0.103. The number of sulfonamides is 1. The van der Waals surface area contributed by atoms with Gasteiger partial charge in [0.2, 0.25) is 15.9 Å². The second-order valence-corrected chi connectivity index (χ2v) is 13.2. The molecule has 1 fully saturated rings. The van der Waals surface area contributed by atoms with Crippen LogP contribution in [-0.2, 0) is 19.6 Å². The zero-order valence-electron chi connectivity index (χ0n) is 22.0. The van der Waals surface area contributed by atoms with Gasteiger partial charge < -0.3 is 10.1 Å². The third-order valence-corrected chi connectivity index (χ3v) is 8.30. The van der Waals surface area contributed by atoms with Crippen molar-refractivity contribution in [2.24, 2.45) is 5.92 Å². The maximum atomic E-state index is 13.4. The van der Waals surface area contributed by atoms with E-state index in [0.717, 1.165) is 18.4 Å². The van der Waals surface area contributed by atoms with Gasteiger partial charge in [-0.25, -0.2) is 22.9 Å². The normalized spacial score (nSPS) is 13.8. The largest absolute Gasteiger partial charge is 0.447 e. The summed E-state index contributed by atoms with van der Waals surface area (Å²) in [6, 6.07) is 12.1. The smallest absolute Gasteiger partial charge is 0.411 e. The van der Waals surface area contributed by atoms with Crippen molar-refractivity contribution in [3.63, 3.8) is 0 Å². The van der Waals surface area contributed by atoms with E-state index in [1.165, 1.54) is 17.4 Å². The van der Waals surface area contributed by atoms with Crippen LogP contribution in [0.4, 0.5) is 16.2 Å². The number of hydrogen-bond donors (Lipinski definition) is 3. The highest BCUT2D eigenvalue weighted by Gasteiger charge is 2.31. The van der Waals surface area contributed by atoms with Crippen molar-refractivity contribution in [1.82, 2.24) is 9.71 Å². The fraction of sp³-hybridized carbons (Fsp3) is 0.370. The van der Waals surface area contributed by atoms with Gasteiger partial charge in [-0.05, 0) is 83.9 Å². The van der Waals surface area contributed by atoms with Crippen molar-refractivity contribution in [3.8, 4) is 21.0 Å². The number of anilines is 2. The first-order valence-electron chi connectivity index (χ1n) is 12.3. The summed E-state index contributed by atoms with van der Waals surface area (Å²) in [6.45, 7) is 8.87. The lowest BCUT2D eigenvalue weighted by Crippen LogP contribution is -2.40. The Hall–Kier alpha value is -3.28. The molecular formula is C27H32N4O5S2. The van der Waals surface area contributed by atoms with Gasteiger partial charge in [-0.15, -0.1) is 11.3 Å². The quantitative estimate of drug-likeness (QED) is 0.319. The van der Waals surface area contributed by atoms with Gasteiger partial charge >= 0.3 is 6.09 Å². The first-order valence-corrected chi connectivity index (χ1v) is 14.6. The van der Waals surface area contributed by atoms with E-state index in [9.17, 15) is 18.0 Å². The van der Waals surface area contributed by atoms with Crippen molar-refractivity contribution >= 4 is 44.7 Å². The summed E-state index contributed by atoms with van der Waals surface area (Å²) in [5.41, 5.74) is 1.63. The van der Waals surface area contributed by atoms with Crippen molar-refractivity contribution in [2.75, 3.05) is 10.6 Å². The first-order chi connectivity index (χ1) is 17.8. The lowest BCUT2D eigenvalue weighted by molar-refractivity contribution is -0.117. The van der Waals surface area contributed by atoms with Crippen molar-refractivity contribution < 1.29 is 22.7 Å². The summed E-state index contributed by atoms with van der Waals surface area (Å²) in [7, 11) is -3.92. The summed E-state index contributed by atoms with van der Waals surface area (Å²) in [4.78, 5) is 29.4. The standard InChI is InChI=1S/C27H32N4O5S2/c1-16(2)36-26(33)30-19-10-8-18(9-11-19)25-28-15-22(37-25)21-13-12-20(29-24(32)17-6-7-17)14-23(21)38(34,35)31-27(3,4)5/h8-17,31H,6-7H2,1-5H3,(H,29,32)(H,30,33).